The van der Waals surface area contributed by atoms with E-state index in [0.29, 0.717) is 0 Å². The van der Waals surface area contributed by atoms with Gasteiger partial charge in [0.25, 0.3) is 0 Å². The molecular formula is C6H7O3. The molecule has 3 heteroatoms. The maximum atomic E-state index is 9.75. The first-order valence-corrected chi connectivity index (χ1v) is 2.66. The van der Waals surface area contributed by atoms with Crippen molar-refractivity contribution in [3.63, 3.8) is 0 Å². The summed E-state index contributed by atoms with van der Waals surface area (Å²) in [5.74, 6) is 0. The smallest absolute Gasteiger partial charge is 0.144 e. The Labute approximate surface area is 52.8 Å². The maximum absolute atomic E-state index is 9.75. The fourth-order valence-electron chi connectivity index (χ4n) is 0.664. The third kappa shape index (κ3) is 1.38. The lowest BCUT2D eigenvalue weighted by molar-refractivity contribution is -0.334. The largest absolute Gasteiger partial charge is 0.386 e. The molecule has 1 aliphatic carbocycles. The van der Waals surface area contributed by atoms with Gasteiger partial charge >= 0.3 is 0 Å². The molecule has 0 heterocycles. The molecule has 1 N–H and O–H groups in total. The van der Waals surface area contributed by atoms with Crippen molar-refractivity contribution < 1.29 is 15.3 Å². The summed E-state index contributed by atoms with van der Waals surface area (Å²) in [4.78, 5) is 3.67. The molecule has 0 fully saturated rings. The first-order valence-electron chi connectivity index (χ1n) is 2.66. The van der Waals surface area contributed by atoms with E-state index < -0.39 is 12.2 Å². The van der Waals surface area contributed by atoms with Crippen LogP contribution in [-0.4, -0.2) is 17.3 Å². The molecule has 1 aliphatic rings. The zero-order valence-electron chi connectivity index (χ0n) is 4.73. The van der Waals surface area contributed by atoms with Gasteiger partial charge in [0.05, 0.1) is 0 Å². The van der Waals surface area contributed by atoms with Gasteiger partial charge in [-0.3, -0.25) is 0 Å². The van der Waals surface area contributed by atoms with Crippen LogP contribution >= 0.6 is 0 Å². The van der Waals surface area contributed by atoms with Crippen molar-refractivity contribution in [1.82, 2.24) is 0 Å². The van der Waals surface area contributed by atoms with Crippen LogP contribution in [0.4, 0.5) is 0 Å². The number of aliphatic hydroxyl groups is 1. The number of hydrogen-bond donors (Lipinski definition) is 1. The molecule has 0 aromatic heterocycles. The van der Waals surface area contributed by atoms with Crippen LogP contribution in [-0.2, 0) is 10.1 Å². The minimum absolute atomic E-state index is 0.713. The van der Waals surface area contributed by atoms with Crippen molar-refractivity contribution >= 4 is 0 Å². The van der Waals surface area contributed by atoms with Gasteiger partial charge in [0.15, 0.2) is 0 Å². The van der Waals surface area contributed by atoms with E-state index in [1.807, 2.05) is 0 Å². The molecule has 3 nitrogen and oxygen atoms in total. The van der Waals surface area contributed by atoms with Crippen molar-refractivity contribution in [2.75, 3.05) is 0 Å². The topological polar surface area (TPSA) is 49.4 Å². The lowest BCUT2D eigenvalue weighted by Crippen LogP contribution is -2.24. The van der Waals surface area contributed by atoms with Crippen molar-refractivity contribution in [2.45, 2.75) is 12.2 Å². The number of aliphatic hydroxyl groups excluding tert-OH is 1. The van der Waals surface area contributed by atoms with E-state index in [9.17, 15) is 5.26 Å². The van der Waals surface area contributed by atoms with Gasteiger partial charge in [0.2, 0.25) is 0 Å². The molecule has 0 amide bonds. The van der Waals surface area contributed by atoms with E-state index in [2.05, 4.69) is 4.89 Å². The average Bonchev–Trinajstić information content (AvgIpc) is 1.89. The molecule has 0 saturated heterocycles. The van der Waals surface area contributed by atoms with Crippen LogP contribution in [0.2, 0.25) is 0 Å². The van der Waals surface area contributed by atoms with Crippen LogP contribution in [0.15, 0.2) is 24.3 Å². The average molecular weight is 127 g/mol. The Bertz CT molecular complexity index is 139. The molecule has 0 unspecified atom stereocenters. The molecule has 2 atom stereocenters. The lowest BCUT2D eigenvalue weighted by Gasteiger charge is -2.13. The summed E-state index contributed by atoms with van der Waals surface area (Å²) < 4.78 is 0. The molecule has 0 bridgehead atoms. The Morgan fingerprint density at radius 2 is 2.00 bits per heavy atom. The number of rotatable bonds is 1. The fraction of sp³-hybridized carbons (Fsp3) is 0.333. The fourth-order valence-corrected chi connectivity index (χ4v) is 0.664. The van der Waals surface area contributed by atoms with Crippen LogP contribution in [0.3, 0.4) is 0 Å². The van der Waals surface area contributed by atoms with Crippen LogP contribution in [0.5, 0.6) is 0 Å². The van der Waals surface area contributed by atoms with Gasteiger partial charge in [-0.15, -0.1) is 0 Å². The minimum atomic E-state index is -0.785. The van der Waals surface area contributed by atoms with Crippen molar-refractivity contribution in [3.8, 4) is 0 Å². The Balaban J connectivity index is 2.55. The van der Waals surface area contributed by atoms with E-state index in [1.165, 1.54) is 12.2 Å². The molecule has 49 valence electrons. The first kappa shape index (κ1) is 6.48. The van der Waals surface area contributed by atoms with Gasteiger partial charge in [-0.2, -0.15) is 4.89 Å². The molecule has 0 spiro atoms. The summed E-state index contributed by atoms with van der Waals surface area (Å²) in [6.07, 6.45) is 4.85. The van der Waals surface area contributed by atoms with Gasteiger partial charge in [0.1, 0.15) is 12.2 Å². The normalized spacial score (nSPS) is 33.1. The molecule has 1 radical (unpaired) electrons. The second-order valence-electron chi connectivity index (χ2n) is 1.82. The van der Waals surface area contributed by atoms with Crippen molar-refractivity contribution in [3.05, 3.63) is 24.3 Å². The van der Waals surface area contributed by atoms with E-state index >= 15 is 0 Å². The summed E-state index contributed by atoms with van der Waals surface area (Å²) in [7, 11) is 0. The second-order valence-corrected chi connectivity index (χ2v) is 1.82. The van der Waals surface area contributed by atoms with Crippen molar-refractivity contribution in [2.24, 2.45) is 0 Å². The monoisotopic (exact) mass is 127 g/mol. The summed E-state index contributed by atoms with van der Waals surface area (Å²) in [6, 6.07) is 0. The highest BCUT2D eigenvalue weighted by Gasteiger charge is 2.15. The maximum Gasteiger partial charge on any atom is 0.144 e. The molecular weight excluding hydrogens is 120 g/mol. The molecule has 9 heavy (non-hydrogen) atoms. The summed E-state index contributed by atoms with van der Waals surface area (Å²) >= 11 is 0. The van der Waals surface area contributed by atoms with Gasteiger partial charge in [-0.25, -0.2) is 0 Å². The zero-order chi connectivity index (χ0) is 6.69. The van der Waals surface area contributed by atoms with E-state index in [4.69, 9.17) is 5.11 Å². The first-order chi connectivity index (χ1) is 4.34. The Morgan fingerprint density at radius 3 is 2.44 bits per heavy atom. The highest BCUT2D eigenvalue weighted by molar-refractivity contribution is 5.15. The Morgan fingerprint density at radius 1 is 1.33 bits per heavy atom. The Kier molecular flexibility index (Phi) is 2.00. The highest BCUT2D eigenvalue weighted by Crippen LogP contribution is 2.06. The number of hydrogen-bond acceptors (Lipinski definition) is 2. The van der Waals surface area contributed by atoms with E-state index in [0.717, 1.165) is 0 Å². The standard InChI is InChI=1S/C6H7O3/c7-5-3-1-2-4-6(5)9-8/h1-7H/t5-,6+/m0/s1. The van der Waals surface area contributed by atoms with E-state index in [1.54, 1.807) is 12.2 Å². The van der Waals surface area contributed by atoms with Crippen LogP contribution in [0.25, 0.3) is 0 Å². The summed E-state index contributed by atoms with van der Waals surface area (Å²) in [5, 5.41) is 18.7. The SMILES string of the molecule is [O]O[C@@H]1C=CC=C[C@@H]1O. The molecule has 0 aliphatic heterocycles. The predicted octanol–water partition coefficient (Wildman–Crippen LogP) is 0.204. The highest BCUT2D eigenvalue weighted by atomic mass is 17.1. The van der Waals surface area contributed by atoms with Gasteiger partial charge in [-0.1, -0.05) is 18.2 Å². The quantitative estimate of drug-likeness (QED) is 0.404. The van der Waals surface area contributed by atoms with Crippen LogP contribution < -0.4 is 0 Å². The Hall–Kier alpha value is -0.640. The zero-order valence-corrected chi connectivity index (χ0v) is 4.73. The van der Waals surface area contributed by atoms with Gasteiger partial charge in [0, 0.05) is 0 Å². The van der Waals surface area contributed by atoms with Crippen LogP contribution in [0, 0.1) is 0 Å². The lowest BCUT2D eigenvalue weighted by atomic mass is 10.1. The summed E-state index contributed by atoms with van der Waals surface area (Å²) in [6.45, 7) is 0. The molecule has 0 saturated carbocycles. The minimum Gasteiger partial charge on any atom is -0.386 e. The predicted molar refractivity (Wildman–Crippen MR) is 29.8 cm³/mol. The molecule has 0 aromatic rings. The number of allylic oxidation sites excluding steroid dienone is 2. The molecule has 1 rings (SSSR count). The van der Waals surface area contributed by atoms with Crippen LogP contribution in [0.1, 0.15) is 0 Å². The van der Waals surface area contributed by atoms with E-state index in [-0.39, 0.29) is 0 Å². The second kappa shape index (κ2) is 2.77. The van der Waals surface area contributed by atoms with Gasteiger partial charge < -0.3 is 5.11 Å². The third-order valence-corrected chi connectivity index (χ3v) is 1.17. The molecule has 0 aromatic carbocycles. The van der Waals surface area contributed by atoms with Crippen molar-refractivity contribution in [1.29, 1.82) is 0 Å². The summed E-state index contributed by atoms with van der Waals surface area (Å²) in [5.41, 5.74) is 0. The third-order valence-electron chi connectivity index (χ3n) is 1.17. The van der Waals surface area contributed by atoms with Gasteiger partial charge in [-0.05, 0) is 11.3 Å².